The predicted molar refractivity (Wildman–Crippen MR) is 107 cm³/mol. The van der Waals surface area contributed by atoms with Crippen molar-refractivity contribution in [3.05, 3.63) is 48.5 Å². The van der Waals surface area contributed by atoms with Gasteiger partial charge in [-0.1, -0.05) is 24.3 Å². The van der Waals surface area contributed by atoms with Gasteiger partial charge in [0.1, 0.15) is 5.60 Å². The average molecular weight is 382 g/mol. The highest BCUT2D eigenvalue weighted by molar-refractivity contribution is 5.79. The highest BCUT2D eigenvalue weighted by Crippen LogP contribution is 2.48. The molecule has 0 spiro atoms. The van der Waals surface area contributed by atoms with Crippen LogP contribution in [0.5, 0.6) is 11.5 Å². The molecular formula is C22H26N2O4. The minimum Gasteiger partial charge on any atom is -0.453 e. The summed E-state index contributed by atoms with van der Waals surface area (Å²) in [6, 6.07) is 15.2. The summed E-state index contributed by atoms with van der Waals surface area (Å²) in [7, 11) is 0. The second-order valence-corrected chi connectivity index (χ2v) is 8.26. The Bertz CT molecular complexity index is 831. The Kier molecular flexibility index (Phi) is 4.67. The fraction of sp³-hybridized carbons (Fsp3) is 0.409. The third-order valence-electron chi connectivity index (χ3n) is 5.00. The highest BCUT2D eigenvalue weighted by atomic mass is 16.6. The number of anilines is 2. The number of fused-ring (bicyclic) bond motifs is 2. The van der Waals surface area contributed by atoms with E-state index in [9.17, 15) is 9.90 Å². The van der Waals surface area contributed by atoms with Gasteiger partial charge in [0.25, 0.3) is 0 Å². The van der Waals surface area contributed by atoms with Crippen LogP contribution in [0.2, 0.25) is 0 Å². The van der Waals surface area contributed by atoms with E-state index in [2.05, 4.69) is 4.90 Å². The summed E-state index contributed by atoms with van der Waals surface area (Å²) >= 11 is 0. The van der Waals surface area contributed by atoms with E-state index in [4.69, 9.17) is 9.47 Å². The molecule has 2 aromatic carbocycles. The van der Waals surface area contributed by atoms with Crippen molar-refractivity contribution in [2.24, 2.45) is 0 Å². The first-order valence-electron chi connectivity index (χ1n) is 9.64. The quantitative estimate of drug-likeness (QED) is 0.797. The first-order chi connectivity index (χ1) is 13.3. The number of nitrogens with zero attached hydrogens (tertiary/aromatic N) is 2. The molecule has 1 amide bonds. The van der Waals surface area contributed by atoms with Crippen LogP contribution in [0.4, 0.5) is 16.2 Å². The Morgan fingerprint density at radius 1 is 1.07 bits per heavy atom. The van der Waals surface area contributed by atoms with E-state index in [1.165, 1.54) is 0 Å². The Morgan fingerprint density at radius 2 is 1.64 bits per heavy atom. The number of hydrogen-bond donors (Lipinski definition) is 1. The number of likely N-dealkylation sites (tertiary alicyclic amines) is 1. The first kappa shape index (κ1) is 18.6. The Morgan fingerprint density at radius 3 is 2.21 bits per heavy atom. The van der Waals surface area contributed by atoms with Crippen LogP contribution in [0, 0.1) is 0 Å². The van der Waals surface area contributed by atoms with E-state index < -0.39 is 11.7 Å². The Labute approximate surface area is 165 Å². The molecule has 0 radical (unpaired) electrons. The number of carbonyl (C=O) groups is 1. The summed E-state index contributed by atoms with van der Waals surface area (Å²) < 4.78 is 11.6. The number of aliphatic hydroxyl groups excluding tert-OH is 1. The van der Waals surface area contributed by atoms with Crippen molar-refractivity contribution >= 4 is 17.5 Å². The van der Waals surface area contributed by atoms with Gasteiger partial charge in [0.05, 0.1) is 23.5 Å². The lowest BCUT2D eigenvalue weighted by atomic mass is 9.98. The zero-order valence-corrected chi connectivity index (χ0v) is 16.5. The number of piperidine rings is 1. The van der Waals surface area contributed by atoms with Crippen molar-refractivity contribution in [2.75, 3.05) is 18.0 Å². The number of ether oxygens (including phenoxy) is 2. The summed E-state index contributed by atoms with van der Waals surface area (Å²) in [5, 5.41) is 10.8. The third-order valence-corrected chi connectivity index (χ3v) is 5.00. The second kappa shape index (κ2) is 7.02. The van der Waals surface area contributed by atoms with E-state index in [1.807, 2.05) is 69.3 Å². The van der Waals surface area contributed by atoms with Crippen LogP contribution in [-0.2, 0) is 4.74 Å². The molecule has 0 bridgehead atoms. The molecule has 0 saturated carbocycles. The van der Waals surface area contributed by atoms with Gasteiger partial charge in [-0.05, 0) is 51.5 Å². The van der Waals surface area contributed by atoms with E-state index >= 15 is 0 Å². The fourth-order valence-corrected chi connectivity index (χ4v) is 3.76. The minimum atomic E-state index is -0.571. The van der Waals surface area contributed by atoms with Gasteiger partial charge in [-0.15, -0.1) is 0 Å². The Balaban J connectivity index is 1.68. The van der Waals surface area contributed by atoms with Crippen LogP contribution >= 0.6 is 0 Å². The van der Waals surface area contributed by atoms with Gasteiger partial charge in [0.2, 0.25) is 0 Å². The van der Waals surface area contributed by atoms with Crippen LogP contribution in [0.1, 0.15) is 27.2 Å². The minimum absolute atomic E-state index is 0.299. The largest absolute Gasteiger partial charge is 0.453 e. The van der Waals surface area contributed by atoms with E-state index in [0.29, 0.717) is 19.5 Å². The summed E-state index contributed by atoms with van der Waals surface area (Å²) in [5.41, 5.74) is 1.22. The zero-order valence-electron chi connectivity index (χ0n) is 16.5. The summed E-state index contributed by atoms with van der Waals surface area (Å²) in [5.74, 6) is 1.48. The van der Waals surface area contributed by atoms with Crippen LogP contribution in [0.15, 0.2) is 48.5 Å². The van der Waals surface area contributed by atoms with E-state index in [-0.39, 0.29) is 12.1 Å². The first-order valence-corrected chi connectivity index (χ1v) is 9.64. The van der Waals surface area contributed by atoms with Crippen molar-refractivity contribution in [3.63, 3.8) is 0 Å². The topological polar surface area (TPSA) is 62.2 Å². The molecule has 2 aromatic rings. The number of para-hydroxylation sites is 4. The van der Waals surface area contributed by atoms with Crippen molar-refractivity contribution in [1.82, 2.24) is 4.90 Å². The van der Waals surface area contributed by atoms with Crippen LogP contribution in [0.25, 0.3) is 0 Å². The lowest BCUT2D eigenvalue weighted by Gasteiger charge is -2.45. The van der Waals surface area contributed by atoms with E-state index in [0.717, 1.165) is 22.9 Å². The molecular weight excluding hydrogens is 356 g/mol. The molecule has 28 heavy (non-hydrogen) atoms. The average Bonchev–Trinajstić information content (AvgIpc) is 2.65. The number of carbonyl (C=O) groups excluding carboxylic acids is 1. The molecule has 6 nitrogen and oxygen atoms in total. The fourth-order valence-electron chi connectivity index (χ4n) is 3.76. The molecule has 0 unspecified atom stereocenters. The zero-order chi connectivity index (χ0) is 19.9. The summed E-state index contributed by atoms with van der Waals surface area (Å²) in [6.45, 7) is 6.42. The number of amides is 1. The van der Waals surface area contributed by atoms with E-state index in [1.54, 1.807) is 4.90 Å². The van der Waals surface area contributed by atoms with Gasteiger partial charge in [-0.2, -0.15) is 0 Å². The van der Waals surface area contributed by atoms with Crippen LogP contribution < -0.4 is 9.64 Å². The summed E-state index contributed by atoms with van der Waals surface area (Å²) in [4.78, 5) is 16.4. The molecule has 1 fully saturated rings. The lowest BCUT2D eigenvalue weighted by molar-refractivity contribution is 0.00490. The number of aliphatic hydroxyl groups is 1. The molecule has 4 rings (SSSR count). The number of hydrogen-bond acceptors (Lipinski definition) is 5. The lowest BCUT2D eigenvalue weighted by Crippen LogP contribution is -2.56. The van der Waals surface area contributed by atoms with Gasteiger partial charge < -0.3 is 24.4 Å². The van der Waals surface area contributed by atoms with Crippen LogP contribution in [-0.4, -0.2) is 46.9 Å². The summed E-state index contributed by atoms with van der Waals surface area (Å²) in [6.07, 6.45) is -0.428. The molecule has 2 aliphatic rings. The molecule has 6 heteroatoms. The van der Waals surface area contributed by atoms with Gasteiger partial charge >= 0.3 is 6.09 Å². The van der Waals surface area contributed by atoms with Gasteiger partial charge in [0, 0.05) is 13.1 Å². The molecule has 0 aromatic heterocycles. The van der Waals surface area contributed by atoms with Gasteiger partial charge in [-0.25, -0.2) is 4.79 Å². The molecule has 2 aliphatic heterocycles. The maximum Gasteiger partial charge on any atom is 0.410 e. The van der Waals surface area contributed by atoms with Gasteiger partial charge in [0.15, 0.2) is 11.5 Å². The van der Waals surface area contributed by atoms with Crippen molar-refractivity contribution in [1.29, 1.82) is 0 Å². The monoisotopic (exact) mass is 382 g/mol. The SMILES string of the molecule is CC(C)(C)OC(=O)N1CC[C@H](O)[C@@H](N2c3ccccc3Oc3ccccc32)C1. The molecule has 0 aliphatic carbocycles. The van der Waals surface area contributed by atoms with Gasteiger partial charge in [-0.3, -0.25) is 0 Å². The molecule has 2 heterocycles. The standard InChI is InChI=1S/C22H26N2O4/c1-22(2,3)28-21(26)23-13-12-18(25)17(14-23)24-15-8-4-6-10-19(15)27-20-11-7-5-9-16(20)24/h4-11,17-18,25H,12-14H2,1-3H3/t17-,18-/m0/s1. The normalized spacial score (nSPS) is 21.4. The predicted octanol–water partition coefficient (Wildman–Crippen LogP) is 4.30. The second-order valence-electron chi connectivity index (χ2n) is 8.26. The maximum atomic E-state index is 12.6. The van der Waals surface area contributed by atoms with Crippen molar-refractivity contribution in [3.8, 4) is 11.5 Å². The number of rotatable bonds is 1. The maximum absolute atomic E-state index is 12.6. The third kappa shape index (κ3) is 3.52. The number of benzene rings is 2. The van der Waals surface area contributed by atoms with Crippen molar-refractivity contribution < 1.29 is 19.4 Å². The highest BCUT2D eigenvalue weighted by Gasteiger charge is 2.39. The molecule has 1 saturated heterocycles. The van der Waals surface area contributed by atoms with Crippen LogP contribution in [0.3, 0.4) is 0 Å². The smallest absolute Gasteiger partial charge is 0.410 e. The Hall–Kier alpha value is -2.73. The molecule has 1 N–H and O–H groups in total. The molecule has 148 valence electrons. The van der Waals surface area contributed by atoms with Crippen molar-refractivity contribution in [2.45, 2.75) is 44.9 Å². The molecule has 2 atom stereocenters.